The number of aryl methyl sites for hydroxylation is 1. The second-order valence-electron chi connectivity index (χ2n) is 6.45. The van der Waals surface area contributed by atoms with Crippen molar-refractivity contribution in [3.05, 3.63) is 72.2 Å². The number of amides is 1. The number of fused-ring (bicyclic) bond motifs is 2. The molecule has 4 aromatic rings. The largest absolute Gasteiger partial charge is 0.346 e. The lowest BCUT2D eigenvalue weighted by Crippen LogP contribution is -2.20. The van der Waals surface area contributed by atoms with E-state index in [1.165, 1.54) is 6.08 Å². The Hall–Kier alpha value is -3.85. The van der Waals surface area contributed by atoms with Gasteiger partial charge in [-0.2, -0.15) is 5.26 Å². The zero-order chi connectivity index (χ0) is 19.3. The van der Waals surface area contributed by atoms with Crippen LogP contribution in [0.15, 0.2) is 60.8 Å². The number of imidazole rings is 1. The van der Waals surface area contributed by atoms with E-state index in [-0.39, 0.29) is 5.91 Å². The van der Waals surface area contributed by atoms with Gasteiger partial charge in [0.2, 0.25) is 5.91 Å². The maximum absolute atomic E-state index is 12.2. The van der Waals surface area contributed by atoms with Crippen molar-refractivity contribution in [3.63, 3.8) is 0 Å². The molecule has 0 unspecified atom stereocenters. The Balaban J connectivity index is 1.46. The molecule has 2 heterocycles. The summed E-state index contributed by atoms with van der Waals surface area (Å²) in [6, 6.07) is 17.9. The van der Waals surface area contributed by atoms with Crippen LogP contribution in [0.4, 0.5) is 0 Å². The van der Waals surface area contributed by atoms with Gasteiger partial charge in [0.05, 0.1) is 30.1 Å². The van der Waals surface area contributed by atoms with E-state index in [1.807, 2.05) is 59.3 Å². The van der Waals surface area contributed by atoms with Crippen molar-refractivity contribution >= 4 is 33.9 Å². The third-order valence-electron chi connectivity index (χ3n) is 4.57. The van der Waals surface area contributed by atoms with E-state index in [0.717, 1.165) is 33.3 Å². The highest BCUT2D eigenvalue weighted by atomic mass is 16.1. The first-order valence-corrected chi connectivity index (χ1v) is 9.09. The standard InChI is InChI=1S/C22H19N5O/c23-12-5-13-27-15-16(17-6-1-4-9-20(17)27)10-11-22(28)24-14-21-25-18-7-2-3-8-19(18)26-21/h1-4,6-11,15H,5,13-14H2,(H,24,28)(H,25,26)/b11-10+. The molecule has 0 bridgehead atoms. The predicted molar refractivity (Wildman–Crippen MR) is 109 cm³/mol. The maximum atomic E-state index is 12.2. The quantitative estimate of drug-likeness (QED) is 0.507. The molecular weight excluding hydrogens is 350 g/mol. The van der Waals surface area contributed by atoms with Crippen LogP contribution in [-0.4, -0.2) is 20.4 Å². The lowest BCUT2D eigenvalue weighted by atomic mass is 10.1. The van der Waals surface area contributed by atoms with Crippen molar-refractivity contribution in [1.82, 2.24) is 19.9 Å². The molecule has 0 radical (unpaired) electrons. The van der Waals surface area contributed by atoms with Gasteiger partial charge in [0.15, 0.2) is 0 Å². The van der Waals surface area contributed by atoms with Crippen molar-refractivity contribution in [1.29, 1.82) is 5.26 Å². The summed E-state index contributed by atoms with van der Waals surface area (Å²) in [5.74, 6) is 0.533. The molecule has 0 atom stereocenters. The molecule has 0 saturated carbocycles. The number of aromatic amines is 1. The van der Waals surface area contributed by atoms with Crippen LogP contribution in [0.25, 0.3) is 28.0 Å². The molecule has 0 aliphatic heterocycles. The van der Waals surface area contributed by atoms with Gasteiger partial charge in [-0.25, -0.2) is 4.98 Å². The fraction of sp³-hybridized carbons (Fsp3) is 0.136. The first-order valence-electron chi connectivity index (χ1n) is 9.09. The number of para-hydroxylation sites is 3. The summed E-state index contributed by atoms with van der Waals surface area (Å²) in [5.41, 5.74) is 3.84. The van der Waals surface area contributed by atoms with Gasteiger partial charge < -0.3 is 14.9 Å². The van der Waals surface area contributed by atoms with E-state index >= 15 is 0 Å². The van der Waals surface area contributed by atoms with Crippen LogP contribution in [0.3, 0.4) is 0 Å². The van der Waals surface area contributed by atoms with Crippen LogP contribution in [0.2, 0.25) is 0 Å². The highest BCUT2D eigenvalue weighted by Gasteiger charge is 2.07. The van der Waals surface area contributed by atoms with E-state index in [4.69, 9.17) is 5.26 Å². The van der Waals surface area contributed by atoms with Gasteiger partial charge in [-0.1, -0.05) is 30.3 Å². The predicted octanol–water partition coefficient (Wildman–Crippen LogP) is 3.76. The molecule has 28 heavy (non-hydrogen) atoms. The zero-order valence-corrected chi connectivity index (χ0v) is 15.2. The first-order chi connectivity index (χ1) is 13.7. The lowest BCUT2D eigenvalue weighted by molar-refractivity contribution is -0.116. The van der Waals surface area contributed by atoms with Crippen molar-refractivity contribution < 1.29 is 4.79 Å². The number of carbonyl (C=O) groups excluding carboxylic acids is 1. The number of nitrogens with zero attached hydrogens (tertiary/aromatic N) is 3. The number of nitriles is 1. The maximum Gasteiger partial charge on any atom is 0.244 e. The number of carbonyl (C=O) groups is 1. The molecule has 0 aliphatic carbocycles. The van der Waals surface area contributed by atoms with Gasteiger partial charge in [-0.15, -0.1) is 0 Å². The summed E-state index contributed by atoms with van der Waals surface area (Å²) < 4.78 is 2.05. The molecular formula is C22H19N5O. The SMILES string of the molecule is N#CCCn1cc(/C=C/C(=O)NCc2nc3ccccc3[nH]2)c2ccccc21. The van der Waals surface area contributed by atoms with Gasteiger partial charge in [0.25, 0.3) is 0 Å². The normalized spacial score (nSPS) is 11.2. The highest BCUT2D eigenvalue weighted by molar-refractivity contribution is 5.96. The molecule has 2 N–H and O–H groups in total. The molecule has 138 valence electrons. The van der Waals surface area contributed by atoms with E-state index in [2.05, 4.69) is 21.4 Å². The fourth-order valence-corrected chi connectivity index (χ4v) is 3.25. The molecule has 2 aromatic carbocycles. The van der Waals surface area contributed by atoms with Crippen LogP contribution in [0.1, 0.15) is 17.8 Å². The van der Waals surface area contributed by atoms with Crippen molar-refractivity contribution in [2.75, 3.05) is 0 Å². The van der Waals surface area contributed by atoms with Crippen LogP contribution < -0.4 is 5.32 Å². The molecule has 6 heteroatoms. The molecule has 4 rings (SSSR count). The zero-order valence-electron chi connectivity index (χ0n) is 15.2. The molecule has 0 saturated heterocycles. The summed E-state index contributed by atoms with van der Waals surface area (Å²) in [4.78, 5) is 19.9. The smallest absolute Gasteiger partial charge is 0.244 e. The Kier molecular flexibility index (Phi) is 4.89. The van der Waals surface area contributed by atoms with Gasteiger partial charge in [-0.05, 0) is 24.3 Å². The number of H-pyrrole nitrogens is 1. The number of rotatable bonds is 6. The third-order valence-corrected chi connectivity index (χ3v) is 4.57. The minimum Gasteiger partial charge on any atom is -0.346 e. The molecule has 0 fully saturated rings. The Morgan fingerprint density at radius 3 is 2.89 bits per heavy atom. The molecule has 6 nitrogen and oxygen atoms in total. The Labute approximate surface area is 162 Å². The van der Waals surface area contributed by atoms with E-state index in [1.54, 1.807) is 6.08 Å². The molecule has 0 spiro atoms. The minimum atomic E-state index is -0.186. The highest BCUT2D eigenvalue weighted by Crippen LogP contribution is 2.22. The number of aromatic nitrogens is 3. The van der Waals surface area contributed by atoms with Crippen LogP contribution in [0, 0.1) is 11.3 Å². The van der Waals surface area contributed by atoms with Crippen LogP contribution >= 0.6 is 0 Å². The number of hydrogen-bond donors (Lipinski definition) is 2. The van der Waals surface area contributed by atoms with Crippen LogP contribution in [0.5, 0.6) is 0 Å². The van der Waals surface area contributed by atoms with Crippen molar-refractivity contribution in [2.24, 2.45) is 0 Å². The van der Waals surface area contributed by atoms with Crippen molar-refractivity contribution in [3.8, 4) is 6.07 Å². The fourth-order valence-electron chi connectivity index (χ4n) is 3.25. The average molecular weight is 369 g/mol. The van der Waals surface area contributed by atoms with E-state index < -0.39 is 0 Å². The topological polar surface area (TPSA) is 86.5 Å². The third kappa shape index (κ3) is 3.64. The summed E-state index contributed by atoms with van der Waals surface area (Å²) in [5, 5.41) is 12.8. The summed E-state index contributed by atoms with van der Waals surface area (Å²) >= 11 is 0. The second kappa shape index (κ2) is 7.80. The summed E-state index contributed by atoms with van der Waals surface area (Å²) in [6.45, 7) is 0.963. The second-order valence-corrected chi connectivity index (χ2v) is 6.45. The number of benzene rings is 2. The molecule has 2 aromatic heterocycles. The molecule has 0 aliphatic rings. The number of hydrogen-bond acceptors (Lipinski definition) is 3. The Bertz CT molecular complexity index is 1180. The van der Waals surface area contributed by atoms with Crippen molar-refractivity contribution in [2.45, 2.75) is 19.5 Å². The van der Waals surface area contributed by atoms with Gasteiger partial charge in [0.1, 0.15) is 5.82 Å². The average Bonchev–Trinajstić information content (AvgIpc) is 3.30. The lowest BCUT2D eigenvalue weighted by Gasteiger charge is -2.00. The summed E-state index contributed by atoms with van der Waals surface area (Å²) in [6.07, 6.45) is 5.75. The van der Waals surface area contributed by atoms with Crippen LogP contribution in [-0.2, 0) is 17.9 Å². The van der Waals surface area contributed by atoms with E-state index in [9.17, 15) is 4.79 Å². The number of nitrogens with one attached hydrogen (secondary N) is 2. The Morgan fingerprint density at radius 2 is 2.04 bits per heavy atom. The van der Waals surface area contributed by atoms with Gasteiger partial charge >= 0.3 is 0 Å². The minimum absolute atomic E-state index is 0.186. The Morgan fingerprint density at radius 1 is 1.21 bits per heavy atom. The van der Waals surface area contributed by atoms with Gasteiger partial charge in [-0.3, -0.25) is 4.79 Å². The summed E-state index contributed by atoms with van der Waals surface area (Å²) in [7, 11) is 0. The molecule has 1 amide bonds. The monoisotopic (exact) mass is 369 g/mol. The van der Waals surface area contributed by atoms with Gasteiger partial charge in [0, 0.05) is 35.3 Å². The first kappa shape index (κ1) is 17.6. The van der Waals surface area contributed by atoms with E-state index in [0.29, 0.717) is 19.5 Å².